The molecule has 0 aliphatic carbocycles. The molecule has 0 spiro atoms. The van der Waals surface area contributed by atoms with Gasteiger partial charge in [-0.2, -0.15) is 5.10 Å². The van der Waals surface area contributed by atoms with Crippen molar-refractivity contribution in [3.8, 4) is 17.2 Å². The first kappa shape index (κ1) is 25.0. The Kier molecular flexibility index (Phi) is 8.17. The van der Waals surface area contributed by atoms with Crippen molar-refractivity contribution in [1.29, 1.82) is 0 Å². The number of carbonyl (C=O) groups is 3. The number of rotatable bonds is 10. The van der Waals surface area contributed by atoms with Crippen molar-refractivity contribution in [3.63, 3.8) is 0 Å². The third-order valence-electron chi connectivity index (χ3n) is 4.49. The molecule has 0 bridgehead atoms. The Morgan fingerprint density at radius 1 is 1.09 bits per heavy atom. The lowest BCUT2D eigenvalue weighted by Gasteiger charge is -2.10. The van der Waals surface area contributed by atoms with Crippen molar-refractivity contribution < 1.29 is 33.0 Å². The van der Waals surface area contributed by atoms with E-state index in [0.29, 0.717) is 34.3 Å². The number of methoxy groups -OCH3 is 1. The minimum Gasteiger partial charge on any atom is -0.493 e. The number of halogens is 1. The molecule has 0 aliphatic rings. The molecule has 0 atom stereocenters. The molecule has 0 saturated heterocycles. The van der Waals surface area contributed by atoms with Crippen LogP contribution in [-0.2, 0) is 19.1 Å². The average molecular weight is 482 g/mol. The maximum atomic E-state index is 13.2. The number of nitrogens with one attached hydrogen (secondary N) is 1. The lowest BCUT2D eigenvalue weighted by atomic mass is 10.2. The van der Waals surface area contributed by atoms with Gasteiger partial charge in [0.15, 0.2) is 24.7 Å². The average Bonchev–Trinajstić information content (AvgIpc) is 3.20. The molecular formula is C24H23FN4O6. The first-order valence-electron chi connectivity index (χ1n) is 10.3. The Bertz CT molecular complexity index is 1250. The van der Waals surface area contributed by atoms with Crippen molar-refractivity contribution in [2.75, 3.05) is 25.6 Å². The number of esters is 1. The zero-order valence-corrected chi connectivity index (χ0v) is 19.0. The van der Waals surface area contributed by atoms with Crippen LogP contribution < -0.4 is 20.5 Å². The lowest BCUT2D eigenvalue weighted by molar-refractivity contribution is -0.142. The highest BCUT2D eigenvalue weighted by atomic mass is 19.1. The molecule has 0 unspecified atom stereocenters. The van der Waals surface area contributed by atoms with Gasteiger partial charge >= 0.3 is 5.97 Å². The molecule has 1 heterocycles. The minimum absolute atomic E-state index is 0.301. The molecule has 0 aliphatic heterocycles. The molecule has 0 fully saturated rings. The topological polar surface area (TPSA) is 135 Å². The number of carbonyl (C=O) groups excluding carboxylic acids is 3. The number of amides is 2. The van der Waals surface area contributed by atoms with E-state index in [0.717, 1.165) is 6.08 Å². The molecule has 3 aromatic rings. The zero-order chi connectivity index (χ0) is 25.4. The summed E-state index contributed by atoms with van der Waals surface area (Å²) in [6.07, 6.45) is 2.62. The summed E-state index contributed by atoms with van der Waals surface area (Å²) in [7, 11) is 1.43. The summed E-state index contributed by atoms with van der Waals surface area (Å²) in [6, 6.07) is 12.0. The highest BCUT2D eigenvalue weighted by Crippen LogP contribution is 2.28. The van der Waals surface area contributed by atoms with Crippen LogP contribution in [-0.4, -0.2) is 47.9 Å². The van der Waals surface area contributed by atoms with Crippen LogP contribution in [0.1, 0.15) is 11.3 Å². The van der Waals surface area contributed by atoms with Gasteiger partial charge in [-0.3, -0.25) is 9.59 Å². The molecule has 0 saturated carbocycles. The van der Waals surface area contributed by atoms with E-state index in [9.17, 15) is 18.8 Å². The Morgan fingerprint density at radius 2 is 1.83 bits per heavy atom. The van der Waals surface area contributed by atoms with Crippen molar-refractivity contribution in [1.82, 2.24) is 9.78 Å². The first-order valence-corrected chi connectivity index (χ1v) is 10.3. The summed E-state index contributed by atoms with van der Waals surface area (Å²) >= 11 is 0. The minimum atomic E-state index is -0.739. The number of aromatic nitrogens is 2. The van der Waals surface area contributed by atoms with E-state index in [1.54, 1.807) is 31.2 Å². The molecule has 1 aromatic heterocycles. The fourth-order valence-electron chi connectivity index (χ4n) is 2.95. The summed E-state index contributed by atoms with van der Waals surface area (Å²) in [5.74, 6) is -1.33. The van der Waals surface area contributed by atoms with Gasteiger partial charge in [0.25, 0.3) is 11.8 Å². The summed E-state index contributed by atoms with van der Waals surface area (Å²) in [4.78, 5) is 35.2. The van der Waals surface area contributed by atoms with Gasteiger partial charge in [0.05, 0.1) is 18.5 Å². The number of nitrogens with zero attached hydrogens (tertiary/aromatic N) is 2. The van der Waals surface area contributed by atoms with Gasteiger partial charge < -0.3 is 25.3 Å². The number of ether oxygens (including phenoxy) is 3. The summed E-state index contributed by atoms with van der Waals surface area (Å²) in [6.45, 7) is 0.913. The number of aryl methyl sites for hydroxylation is 1. The molecule has 182 valence electrons. The summed E-state index contributed by atoms with van der Waals surface area (Å²) in [5.41, 5.74) is 6.84. The first-order chi connectivity index (χ1) is 16.7. The highest BCUT2D eigenvalue weighted by molar-refractivity contribution is 5.94. The van der Waals surface area contributed by atoms with Crippen LogP contribution in [0.25, 0.3) is 11.8 Å². The molecule has 0 radical (unpaired) electrons. The fraction of sp³-hybridized carbons (Fsp3) is 0.167. The molecule has 2 amide bonds. The summed E-state index contributed by atoms with van der Waals surface area (Å²) in [5, 5.41) is 6.90. The van der Waals surface area contributed by atoms with Gasteiger partial charge in [-0.1, -0.05) is 6.07 Å². The monoisotopic (exact) mass is 482 g/mol. The second-order valence-corrected chi connectivity index (χ2v) is 7.21. The number of primary amides is 1. The maximum Gasteiger partial charge on any atom is 0.331 e. The van der Waals surface area contributed by atoms with Gasteiger partial charge in [0, 0.05) is 12.1 Å². The second-order valence-electron chi connectivity index (χ2n) is 7.21. The molecule has 3 N–H and O–H groups in total. The number of benzene rings is 2. The SMILES string of the molecule is COc1cc(/C=C/C(=O)OCC(=O)Nc2cc(C)nn2-c2ccc(F)cc2)ccc1OCC(N)=O. The fourth-order valence-corrected chi connectivity index (χ4v) is 2.95. The number of nitrogens with two attached hydrogens (primary N) is 1. The van der Waals surface area contributed by atoms with Gasteiger partial charge in [0.2, 0.25) is 0 Å². The molecule has 10 nitrogen and oxygen atoms in total. The van der Waals surface area contributed by atoms with Gasteiger partial charge in [0.1, 0.15) is 11.6 Å². The number of hydrogen-bond acceptors (Lipinski definition) is 7. The van der Waals surface area contributed by atoms with E-state index in [1.165, 1.54) is 42.1 Å². The standard InChI is InChI=1S/C24H23FN4O6/c1-15-11-22(29(28-15)18-7-5-17(25)6-8-18)27-23(31)14-35-24(32)10-4-16-3-9-19(20(12-16)33-2)34-13-21(26)30/h3-12H,13-14H2,1-2H3,(H2,26,30)(H,27,31)/b10-4+. The van der Waals surface area contributed by atoms with E-state index < -0.39 is 30.2 Å². The van der Waals surface area contributed by atoms with Crippen molar-refractivity contribution >= 4 is 29.7 Å². The normalized spacial score (nSPS) is 10.7. The Morgan fingerprint density at radius 3 is 2.51 bits per heavy atom. The maximum absolute atomic E-state index is 13.2. The lowest BCUT2D eigenvalue weighted by Crippen LogP contribution is -2.21. The van der Waals surface area contributed by atoms with Crippen LogP contribution in [0, 0.1) is 12.7 Å². The summed E-state index contributed by atoms with van der Waals surface area (Å²) < 4.78 is 30.1. The second kappa shape index (κ2) is 11.5. The Labute approximate surface area is 200 Å². The van der Waals surface area contributed by atoms with Gasteiger partial charge in [-0.25, -0.2) is 13.9 Å². The van der Waals surface area contributed by atoms with E-state index in [-0.39, 0.29) is 6.61 Å². The van der Waals surface area contributed by atoms with Crippen LogP contribution in [0.3, 0.4) is 0 Å². The molecule has 3 rings (SSSR count). The van der Waals surface area contributed by atoms with Crippen molar-refractivity contribution in [2.45, 2.75) is 6.92 Å². The van der Waals surface area contributed by atoms with Crippen LogP contribution in [0.5, 0.6) is 11.5 Å². The van der Waals surface area contributed by atoms with Crippen LogP contribution >= 0.6 is 0 Å². The Hall–Kier alpha value is -4.67. The van der Waals surface area contributed by atoms with Gasteiger partial charge in [-0.15, -0.1) is 0 Å². The largest absolute Gasteiger partial charge is 0.493 e. The molecule has 35 heavy (non-hydrogen) atoms. The van der Waals surface area contributed by atoms with Gasteiger partial charge in [-0.05, 0) is 55.0 Å². The van der Waals surface area contributed by atoms with E-state index >= 15 is 0 Å². The number of hydrogen-bond donors (Lipinski definition) is 2. The van der Waals surface area contributed by atoms with Crippen LogP contribution in [0.2, 0.25) is 0 Å². The highest BCUT2D eigenvalue weighted by Gasteiger charge is 2.13. The van der Waals surface area contributed by atoms with Crippen LogP contribution in [0.15, 0.2) is 54.6 Å². The van der Waals surface area contributed by atoms with Crippen molar-refractivity contribution in [2.24, 2.45) is 5.73 Å². The predicted molar refractivity (Wildman–Crippen MR) is 125 cm³/mol. The molecular weight excluding hydrogens is 459 g/mol. The third kappa shape index (κ3) is 7.16. The van der Waals surface area contributed by atoms with E-state index in [1.807, 2.05) is 0 Å². The number of anilines is 1. The Balaban J connectivity index is 1.56. The smallest absolute Gasteiger partial charge is 0.331 e. The predicted octanol–water partition coefficient (Wildman–Crippen LogP) is 2.39. The molecule has 2 aromatic carbocycles. The zero-order valence-electron chi connectivity index (χ0n) is 19.0. The third-order valence-corrected chi connectivity index (χ3v) is 4.49. The van der Waals surface area contributed by atoms with Crippen LogP contribution in [0.4, 0.5) is 10.2 Å². The van der Waals surface area contributed by atoms with Crippen molar-refractivity contribution in [3.05, 3.63) is 71.7 Å². The quantitative estimate of drug-likeness (QED) is 0.335. The van der Waals surface area contributed by atoms with E-state index in [2.05, 4.69) is 10.4 Å². The van der Waals surface area contributed by atoms with E-state index in [4.69, 9.17) is 19.9 Å². The molecule has 11 heteroatoms.